The summed E-state index contributed by atoms with van der Waals surface area (Å²) in [5.41, 5.74) is 3.28. The maximum atomic E-state index is 13.2. The minimum atomic E-state index is -3.33. The maximum absolute atomic E-state index is 13.2. The van der Waals surface area contributed by atoms with Crippen LogP contribution in [0.1, 0.15) is 41.3 Å². The molecule has 1 aromatic carbocycles. The topological polar surface area (TPSA) is 70.6 Å². The Morgan fingerprint density at radius 3 is 2.56 bits per heavy atom. The van der Waals surface area contributed by atoms with Crippen LogP contribution in [0.2, 0.25) is 0 Å². The molecule has 142 valence electrons. The highest BCUT2D eigenvalue weighted by Gasteiger charge is 2.35. The number of hydrogen-bond acceptors (Lipinski definition) is 4. The molecule has 2 aromatic rings. The van der Waals surface area contributed by atoms with E-state index < -0.39 is 10.0 Å². The van der Waals surface area contributed by atoms with Crippen LogP contribution in [0.4, 0.5) is 5.69 Å². The van der Waals surface area contributed by atoms with E-state index in [1.54, 1.807) is 24.5 Å². The Morgan fingerprint density at radius 1 is 1.22 bits per heavy atom. The van der Waals surface area contributed by atoms with Gasteiger partial charge in [-0.25, -0.2) is 8.42 Å². The molecule has 1 aliphatic carbocycles. The number of nitrogens with zero attached hydrogens (tertiary/aromatic N) is 3. The van der Waals surface area contributed by atoms with E-state index in [9.17, 15) is 13.2 Å². The van der Waals surface area contributed by atoms with E-state index in [1.165, 1.54) is 10.6 Å². The van der Waals surface area contributed by atoms with Gasteiger partial charge >= 0.3 is 0 Å². The van der Waals surface area contributed by atoms with Crippen LogP contribution in [-0.2, 0) is 23.0 Å². The highest BCUT2D eigenvalue weighted by atomic mass is 32.2. The van der Waals surface area contributed by atoms with E-state index in [4.69, 9.17) is 0 Å². The van der Waals surface area contributed by atoms with Crippen LogP contribution >= 0.6 is 0 Å². The number of amides is 1. The van der Waals surface area contributed by atoms with Crippen molar-refractivity contribution in [2.45, 2.75) is 44.8 Å². The monoisotopic (exact) mass is 385 g/mol. The molecule has 1 aliphatic heterocycles. The lowest BCUT2D eigenvalue weighted by Crippen LogP contribution is -2.34. The lowest BCUT2D eigenvalue weighted by molar-refractivity contribution is 0.0730. The Labute approximate surface area is 159 Å². The summed E-state index contributed by atoms with van der Waals surface area (Å²) < 4.78 is 25.6. The fourth-order valence-electron chi connectivity index (χ4n) is 3.84. The van der Waals surface area contributed by atoms with Crippen molar-refractivity contribution < 1.29 is 13.2 Å². The second-order valence-corrected chi connectivity index (χ2v) is 9.33. The molecule has 0 N–H and O–H groups in total. The van der Waals surface area contributed by atoms with E-state index in [1.807, 2.05) is 30.0 Å². The van der Waals surface area contributed by atoms with Gasteiger partial charge in [-0.3, -0.25) is 14.1 Å². The van der Waals surface area contributed by atoms with Crippen LogP contribution in [0.15, 0.2) is 42.7 Å². The molecule has 2 aliphatic rings. The van der Waals surface area contributed by atoms with Gasteiger partial charge in [0, 0.05) is 36.6 Å². The smallest absolute Gasteiger partial charge is 0.254 e. The average molecular weight is 385 g/mol. The molecule has 6 nitrogen and oxygen atoms in total. The number of carbonyl (C=O) groups is 1. The second-order valence-electron chi connectivity index (χ2n) is 7.48. The second kappa shape index (κ2) is 6.64. The highest BCUT2D eigenvalue weighted by molar-refractivity contribution is 7.92. The maximum Gasteiger partial charge on any atom is 0.254 e. The Bertz CT molecular complexity index is 971. The molecule has 0 radical (unpaired) electrons. The van der Waals surface area contributed by atoms with Crippen molar-refractivity contribution in [2.24, 2.45) is 0 Å². The first-order chi connectivity index (χ1) is 12.8. The van der Waals surface area contributed by atoms with Crippen molar-refractivity contribution in [1.29, 1.82) is 0 Å². The van der Waals surface area contributed by atoms with E-state index in [-0.39, 0.29) is 18.0 Å². The molecule has 27 heavy (non-hydrogen) atoms. The molecule has 1 fully saturated rings. The zero-order valence-electron chi connectivity index (χ0n) is 15.5. The number of sulfonamides is 1. The molecule has 7 heteroatoms. The molecule has 1 saturated carbocycles. The van der Waals surface area contributed by atoms with Gasteiger partial charge < -0.3 is 4.90 Å². The van der Waals surface area contributed by atoms with Gasteiger partial charge in [-0.15, -0.1) is 0 Å². The number of carbonyl (C=O) groups excluding carboxylic acids is 1. The van der Waals surface area contributed by atoms with Crippen molar-refractivity contribution >= 4 is 21.6 Å². The molecule has 2 heterocycles. The normalized spacial score (nSPS) is 19.0. The third kappa shape index (κ3) is 3.56. The van der Waals surface area contributed by atoms with Gasteiger partial charge in [0.1, 0.15) is 0 Å². The molecule has 1 atom stereocenters. The molecule has 1 aromatic heterocycles. The first-order valence-corrected chi connectivity index (χ1v) is 11.0. The van der Waals surface area contributed by atoms with Crippen molar-refractivity contribution in [3.8, 4) is 0 Å². The Morgan fingerprint density at radius 2 is 1.93 bits per heavy atom. The summed E-state index contributed by atoms with van der Waals surface area (Å²) in [6.45, 7) is 2.46. The summed E-state index contributed by atoms with van der Waals surface area (Å²) in [7, 11) is -3.33. The van der Waals surface area contributed by atoms with E-state index in [0.717, 1.165) is 24.0 Å². The zero-order valence-corrected chi connectivity index (χ0v) is 16.3. The van der Waals surface area contributed by atoms with E-state index in [2.05, 4.69) is 4.98 Å². The molecular weight excluding hydrogens is 362 g/mol. The lowest BCUT2D eigenvalue weighted by Gasteiger charge is -2.24. The van der Waals surface area contributed by atoms with Crippen LogP contribution in [0.25, 0.3) is 0 Å². The summed E-state index contributed by atoms with van der Waals surface area (Å²) >= 11 is 0. The van der Waals surface area contributed by atoms with E-state index in [0.29, 0.717) is 24.2 Å². The van der Waals surface area contributed by atoms with Crippen LogP contribution in [0.5, 0.6) is 0 Å². The molecule has 4 rings (SSSR count). The third-order valence-corrected chi connectivity index (χ3v) is 6.46. The number of benzene rings is 1. The highest BCUT2D eigenvalue weighted by Crippen LogP contribution is 2.36. The zero-order chi connectivity index (χ0) is 19.2. The van der Waals surface area contributed by atoms with Gasteiger partial charge in [0.25, 0.3) is 5.91 Å². The molecule has 0 spiro atoms. The fourth-order valence-corrected chi connectivity index (χ4v) is 5.11. The summed E-state index contributed by atoms with van der Waals surface area (Å²) in [4.78, 5) is 19.1. The van der Waals surface area contributed by atoms with Gasteiger partial charge in [0.2, 0.25) is 10.0 Å². The number of rotatable bonds is 5. The summed E-state index contributed by atoms with van der Waals surface area (Å²) in [5, 5.41) is 0. The summed E-state index contributed by atoms with van der Waals surface area (Å²) in [6.07, 6.45) is 7.38. The van der Waals surface area contributed by atoms with Crippen molar-refractivity contribution in [3.63, 3.8) is 0 Å². The van der Waals surface area contributed by atoms with Gasteiger partial charge in [-0.05, 0) is 67.6 Å². The van der Waals surface area contributed by atoms with E-state index >= 15 is 0 Å². The van der Waals surface area contributed by atoms with Crippen LogP contribution in [0.3, 0.4) is 0 Å². The Balaban J connectivity index is 1.62. The van der Waals surface area contributed by atoms with Crippen molar-refractivity contribution in [2.75, 3.05) is 10.6 Å². The van der Waals surface area contributed by atoms with Gasteiger partial charge in [-0.2, -0.15) is 0 Å². The predicted octanol–water partition coefficient (Wildman–Crippen LogP) is 2.60. The quantitative estimate of drug-likeness (QED) is 0.793. The van der Waals surface area contributed by atoms with Gasteiger partial charge in [-0.1, -0.05) is 0 Å². The Kier molecular flexibility index (Phi) is 4.42. The lowest BCUT2D eigenvalue weighted by atomic mass is 10.1. The molecule has 0 bridgehead atoms. The van der Waals surface area contributed by atoms with Crippen LogP contribution < -0.4 is 4.31 Å². The SMILES string of the molecule is CC1Cc2cc(C(=O)N(Cc3ccncc3)C3CC3)ccc2N1S(C)(=O)=O. The number of hydrogen-bond donors (Lipinski definition) is 0. The summed E-state index contributed by atoms with van der Waals surface area (Å²) in [6, 6.07) is 9.39. The third-order valence-electron chi connectivity index (χ3n) is 5.19. The number of anilines is 1. The average Bonchev–Trinajstić information content (AvgIpc) is 3.39. The predicted molar refractivity (Wildman–Crippen MR) is 104 cm³/mol. The molecule has 1 unspecified atom stereocenters. The first kappa shape index (κ1) is 18.0. The number of fused-ring (bicyclic) bond motifs is 1. The van der Waals surface area contributed by atoms with Gasteiger partial charge in [0.15, 0.2) is 0 Å². The minimum absolute atomic E-state index is 0.00238. The van der Waals surface area contributed by atoms with Crippen molar-refractivity contribution in [3.05, 3.63) is 59.4 Å². The summed E-state index contributed by atoms with van der Waals surface area (Å²) in [5.74, 6) is 0.00238. The molecular formula is C20H23N3O3S. The molecule has 0 saturated heterocycles. The van der Waals surface area contributed by atoms with Gasteiger partial charge in [0.05, 0.1) is 11.9 Å². The minimum Gasteiger partial charge on any atom is -0.331 e. The molecule has 1 amide bonds. The number of aromatic nitrogens is 1. The van der Waals surface area contributed by atoms with Crippen LogP contribution in [0, 0.1) is 0 Å². The fraction of sp³-hybridized carbons (Fsp3) is 0.400. The Hall–Kier alpha value is -2.41. The van der Waals surface area contributed by atoms with Crippen LogP contribution in [-0.4, -0.2) is 42.5 Å². The largest absolute Gasteiger partial charge is 0.331 e. The number of pyridine rings is 1. The standard InChI is InChI=1S/C20H23N3O3S/c1-14-11-17-12-16(3-6-19(17)23(14)27(2,25)26)20(24)22(18-4-5-18)13-15-7-9-21-10-8-15/h3,6-10,12,14,18H,4-5,11,13H2,1-2H3. The first-order valence-electron chi connectivity index (χ1n) is 9.17. The van der Waals surface area contributed by atoms with Crippen molar-refractivity contribution in [1.82, 2.24) is 9.88 Å².